The number of hydrogen-bond donors (Lipinski definition) is 1. The minimum atomic E-state index is -1.31. The number of nitrogens with one attached hydrogen (secondary N) is 1. The second-order valence-corrected chi connectivity index (χ2v) is 9.52. The van der Waals surface area contributed by atoms with Gasteiger partial charge in [-0.25, -0.2) is 4.79 Å². The Kier molecular flexibility index (Phi) is 7.97. The van der Waals surface area contributed by atoms with Crippen molar-refractivity contribution in [3.05, 3.63) is 40.1 Å². The van der Waals surface area contributed by atoms with E-state index in [0.29, 0.717) is 21.1 Å². The summed E-state index contributed by atoms with van der Waals surface area (Å²) >= 11 is 0.886. The van der Waals surface area contributed by atoms with E-state index in [1.807, 2.05) is 0 Å². The molecule has 1 fully saturated rings. The second kappa shape index (κ2) is 11.2. The van der Waals surface area contributed by atoms with Gasteiger partial charge in [-0.2, -0.15) is 0 Å². The summed E-state index contributed by atoms with van der Waals surface area (Å²) in [6.45, 7) is 4.39. The first-order chi connectivity index (χ1) is 18.0. The molecule has 0 aliphatic carbocycles. The zero-order valence-electron chi connectivity index (χ0n) is 20.9. The lowest BCUT2D eigenvalue weighted by atomic mass is 9.96. The van der Waals surface area contributed by atoms with Crippen LogP contribution < -0.4 is 15.0 Å². The highest BCUT2D eigenvalue weighted by Gasteiger charge is 2.52. The van der Waals surface area contributed by atoms with Crippen LogP contribution in [-0.2, 0) is 38.1 Å². The number of amides is 1. The van der Waals surface area contributed by atoms with Crippen LogP contribution in [0.2, 0.25) is 0 Å². The summed E-state index contributed by atoms with van der Waals surface area (Å²) in [5.41, 5.74) is 0.395. The molecule has 2 heterocycles. The summed E-state index contributed by atoms with van der Waals surface area (Å²) < 4.78 is 34.2. The molecule has 1 amide bonds. The van der Waals surface area contributed by atoms with Crippen LogP contribution in [0.3, 0.4) is 0 Å². The molecule has 0 radical (unpaired) electrons. The molecule has 1 aliphatic rings. The van der Waals surface area contributed by atoms with Crippen LogP contribution in [0.1, 0.15) is 27.7 Å². The highest BCUT2D eigenvalue weighted by Crippen LogP contribution is 2.37. The Morgan fingerprint density at radius 3 is 2.24 bits per heavy atom. The number of ether oxygens (including phenoxy) is 5. The third-order valence-corrected chi connectivity index (χ3v) is 6.39. The molecule has 3 aromatic rings. The van der Waals surface area contributed by atoms with Gasteiger partial charge in [0.25, 0.3) is 0 Å². The molecule has 13 heteroatoms. The third-order valence-electron chi connectivity index (χ3n) is 5.62. The predicted molar refractivity (Wildman–Crippen MR) is 133 cm³/mol. The van der Waals surface area contributed by atoms with Crippen LogP contribution >= 0.6 is 11.3 Å². The van der Waals surface area contributed by atoms with Crippen molar-refractivity contribution >= 4 is 56.2 Å². The van der Waals surface area contributed by atoms with Crippen molar-refractivity contribution in [2.24, 2.45) is 0 Å². The SMILES string of the molecule is CC(=O)N[C@@H]1[C@@H](Oc2cc3sc(=O)oc3c3ccccc23)O[C@@H](COC(C)=O)[C@@H](OC(C)=O)[C@H]1OC(C)=O. The summed E-state index contributed by atoms with van der Waals surface area (Å²) in [5, 5.41) is 3.84. The molecule has 12 nitrogen and oxygen atoms in total. The fourth-order valence-corrected chi connectivity index (χ4v) is 4.99. The Hall–Kier alpha value is -3.97. The Balaban J connectivity index is 1.81. The molecule has 38 heavy (non-hydrogen) atoms. The molecule has 202 valence electrons. The van der Waals surface area contributed by atoms with E-state index < -0.39 is 59.4 Å². The van der Waals surface area contributed by atoms with Crippen LogP contribution in [0.5, 0.6) is 5.75 Å². The van der Waals surface area contributed by atoms with Gasteiger partial charge in [-0.05, 0) is 0 Å². The fourth-order valence-electron chi connectivity index (χ4n) is 4.28. The minimum Gasteiger partial charge on any atom is -0.463 e. The molecule has 1 aliphatic heterocycles. The number of benzene rings is 2. The molecule has 0 spiro atoms. The van der Waals surface area contributed by atoms with Crippen molar-refractivity contribution in [2.75, 3.05) is 6.61 Å². The maximum absolute atomic E-state index is 12.2. The maximum atomic E-state index is 12.2. The highest BCUT2D eigenvalue weighted by molar-refractivity contribution is 7.16. The predicted octanol–water partition coefficient (Wildman–Crippen LogP) is 2.04. The summed E-state index contributed by atoms with van der Waals surface area (Å²) in [7, 11) is 0. The third kappa shape index (κ3) is 5.94. The minimum absolute atomic E-state index is 0.282. The second-order valence-electron chi connectivity index (χ2n) is 8.54. The van der Waals surface area contributed by atoms with E-state index in [1.165, 1.54) is 13.8 Å². The molecular weight excluding hydrogens is 522 g/mol. The molecule has 2 aromatic carbocycles. The lowest BCUT2D eigenvalue weighted by molar-refractivity contribution is -0.256. The Morgan fingerprint density at radius 2 is 1.61 bits per heavy atom. The number of rotatable bonds is 7. The number of carbonyl (C=O) groups is 4. The number of esters is 3. The molecule has 1 aromatic heterocycles. The van der Waals surface area contributed by atoms with Gasteiger partial charge in [0.05, 0.1) is 4.70 Å². The van der Waals surface area contributed by atoms with Gasteiger partial charge in [0, 0.05) is 44.5 Å². The largest absolute Gasteiger partial charge is 0.463 e. The van der Waals surface area contributed by atoms with E-state index in [2.05, 4.69) is 5.32 Å². The van der Waals surface area contributed by atoms with E-state index >= 15 is 0 Å². The molecule has 0 bridgehead atoms. The molecule has 4 rings (SSSR count). The number of hydrogen-bond acceptors (Lipinski definition) is 12. The van der Waals surface area contributed by atoms with Crippen molar-refractivity contribution in [3.8, 4) is 5.75 Å². The Morgan fingerprint density at radius 1 is 0.947 bits per heavy atom. The van der Waals surface area contributed by atoms with Gasteiger partial charge >= 0.3 is 22.8 Å². The standard InChI is InChI=1S/C25H25NO11S/c1-11(27)26-20-23(34-14(4)30)22(33-13(3)29)18(10-32-12(2)28)36-24(20)35-17-9-19-21(37-25(31)38-19)16-8-6-5-7-15(16)17/h5-9,18,20,22-24H,10H2,1-4H3,(H,26,27)/t18-,20-,22+,23-,24-/m0/s1. The van der Waals surface area contributed by atoms with Gasteiger partial charge < -0.3 is 33.4 Å². The van der Waals surface area contributed by atoms with Gasteiger partial charge in [0.15, 0.2) is 17.8 Å². The average molecular weight is 548 g/mol. The summed E-state index contributed by atoms with van der Waals surface area (Å²) in [6, 6.07) is 7.50. The van der Waals surface area contributed by atoms with Crippen molar-refractivity contribution in [3.63, 3.8) is 0 Å². The van der Waals surface area contributed by atoms with Gasteiger partial charge in [0.1, 0.15) is 24.5 Å². The van der Waals surface area contributed by atoms with E-state index in [1.54, 1.807) is 30.3 Å². The van der Waals surface area contributed by atoms with Crippen molar-refractivity contribution < 1.29 is 47.3 Å². The first-order valence-corrected chi connectivity index (χ1v) is 12.4. The topological polar surface area (TPSA) is 157 Å². The lowest BCUT2D eigenvalue weighted by Gasteiger charge is -2.44. The molecule has 5 atom stereocenters. The monoisotopic (exact) mass is 547 g/mol. The average Bonchev–Trinajstić information content (AvgIpc) is 3.21. The number of fused-ring (bicyclic) bond motifs is 3. The van der Waals surface area contributed by atoms with Crippen molar-refractivity contribution in [2.45, 2.75) is 58.3 Å². The lowest BCUT2D eigenvalue weighted by Crippen LogP contribution is -2.67. The van der Waals surface area contributed by atoms with Crippen LogP contribution in [0.15, 0.2) is 39.5 Å². The first kappa shape index (κ1) is 27.1. The van der Waals surface area contributed by atoms with Crippen LogP contribution in [0, 0.1) is 0 Å². The molecular formula is C25H25NO11S. The molecule has 0 saturated carbocycles. The van der Waals surface area contributed by atoms with Gasteiger partial charge in [-0.15, -0.1) is 0 Å². The smallest absolute Gasteiger partial charge is 0.396 e. The fraction of sp³-hybridized carbons (Fsp3) is 0.400. The zero-order chi connectivity index (χ0) is 27.6. The normalized spacial score (nSPS) is 23.0. The Labute approximate surface area is 219 Å². The molecule has 1 saturated heterocycles. The zero-order valence-corrected chi connectivity index (χ0v) is 21.7. The maximum Gasteiger partial charge on any atom is 0.396 e. The molecule has 0 unspecified atom stereocenters. The first-order valence-electron chi connectivity index (χ1n) is 11.6. The summed E-state index contributed by atoms with van der Waals surface area (Å²) in [4.78, 5) is 59.1. The quantitative estimate of drug-likeness (QED) is 0.341. The summed E-state index contributed by atoms with van der Waals surface area (Å²) in [5.74, 6) is -2.27. The van der Waals surface area contributed by atoms with Gasteiger partial charge in [0.2, 0.25) is 12.2 Å². The van der Waals surface area contributed by atoms with E-state index in [9.17, 15) is 24.0 Å². The van der Waals surface area contributed by atoms with Crippen LogP contribution in [-0.4, -0.2) is 61.1 Å². The van der Waals surface area contributed by atoms with Crippen molar-refractivity contribution in [1.29, 1.82) is 0 Å². The Bertz CT molecular complexity index is 1440. The summed E-state index contributed by atoms with van der Waals surface area (Å²) in [6.07, 6.45) is -4.94. The van der Waals surface area contributed by atoms with Crippen LogP contribution in [0.4, 0.5) is 0 Å². The van der Waals surface area contributed by atoms with Gasteiger partial charge in [-0.3, -0.25) is 19.2 Å². The van der Waals surface area contributed by atoms with E-state index in [4.69, 9.17) is 28.1 Å². The highest BCUT2D eigenvalue weighted by atomic mass is 32.1. The van der Waals surface area contributed by atoms with Crippen LogP contribution in [0.25, 0.3) is 21.1 Å². The molecule has 1 N–H and O–H groups in total. The van der Waals surface area contributed by atoms with E-state index in [0.717, 1.165) is 25.2 Å². The number of carbonyl (C=O) groups excluding carboxylic acids is 4. The van der Waals surface area contributed by atoms with E-state index in [-0.39, 0.29) is 12.4 Å². The van der Waals surface area contributed by atoms with Gasteiger partial charge in [-0.1, -0.05) is 35.6 Å². The van der Waals surface area contributed by atoms with Crippen molar-refractivity contribution in [1.82, 2.24) is 5.32 Å².